The summed E-state index contributed by atoms with van der Waals surface area (Å²) < 4.78 is 41.7. The summed E-state index contributed by atoms with van der Waals surface area (Å²) in [6, 6.07) is 0. The molecule has 1 atom stereocenters. The monoisotopic (exact) mass is 268 g/mol. The van der Waals surface area contributed by atoms with Gasteiger partial charge in [0, 0.05) is 0 Å². The van der Waals surface area contributed by atoms with Crippen molar-refractivity contribution in [1.82, 2.24) is 0 Å². The maximum Gasteiger partial charge on any atom is 0.427 e. The molecule has 1 aliphatic rings. The van der Waals surface area contributed by atoms with E-state index in [2.05, 4.69) is 4.74 Å². The number of aliphatic carboxylic acids is 1. The number of hydrogen-bond donors (Lipinski definition) is 1. The lowest BCUT2D eigenvalue weighted by Gasteiger charge is -2.28. The lowest BCUT2D eigenvalue weighted by Crippen LogP contribution is -2.44. The van der Waals surface area contributed by atoms with Gasteiger partial charge in [0.1, 0.15) is 0 Å². The molecule has 1 saturated carbocycles. The number of ether oxygens (including phenoxy) is 1. The van der Waals surface area contributed by atoms with Gasteiger partial charge < -0.3 is 9.84 Å². The second-order valence-electron chi connectivity index (χ2n) is 4.97. The number of esters is 1. The molecule has 1 rings (SSSR count). The number of alkyl halides is 3. The van der Waals surface area contributed by atoms with Gasteiger partial charge in [0.25, 0.3) is 0 Å². The number of hydrogen-bond acceptors (Lipinski definition) is 3. The lowest BCUT2D eigenvalue weighted by atomic mass is 10.00. The van der Waals surface area contributed by atoms with Crippen LogP contribution in [0.15, 0.2) is 0 Å². The molecular weight excluding hydrogens is 253 g/mol. The van der Waals surface area contributed by atoms with E-state index in [9.17, 15) is 22.8 Å². The summed E-state index contributed by atoms with van der Waals surface area (Å²) >= 11 is 0. The molecule has 7 heteroatoms. The fourth-order valence-corrected chi connectivity index (χ4v) is 1.52. The Bertz CT molecular complexity index is 345. The van der Waals surface area contributed by atoms with E-state index in [1.165, 1.54) is 0 Å². The van der Waals surface area contributed by atoms with Crippen molar-refractivity contribution in [3.8, 4) is 0 Å². The van der Waals surface area contributed by atoms with Gasteiger partial charge in [-0.3, -0.25) is 9.59 Å². The fourth-order valence-electron chi connectivity index (χ4n) is 1.52. The van der Waals surface area contributed by atoms with Gasteiger partial charge in [-0.25, -0.2) is 0 Å². The van der Waals surface area contributed by atoms with Crippen molar-refractivity contribution in [2.45, 2.75) is 44.9 Å². The molecule has 18 heavy (non-hydrogen) atoms. The Kier molecular flexibility index (Phi) is 3.92. The Morgan fingerprint density at radius 3 is 2.17 bits per heavy atom. The molecule has 0 unspecified atom stereocenters. The molecule has 0 aliphatic heterocycles. The van der Waals surface area contributed by atoms with Crippen LogP contribution in [-0.2, 0) is 14.3 Å². The summed E-state index contributed by atoms with van der Waals surface area (Å²) in [7, 11) is 0. The molecule has 1 N–H and O–H groups in total. The summed E-state index contributed by atoms with van der Waals surface area (Å²) in [4.78, 5) is 22.2. The molecule has 0 aromatic rings. The van der Waals surface area contributed by atoms with Gasteiger partial charge in [0.2, 0.25) is 5.60 Å². The van der Waals surface area contributed by atoms with Crippen LogP contribution in [0.25, 0.3) is 0 Å². The number of carboxylic acid groups (broad SMARTS) is 1. The van der Waals surface area contributed by atoms with Crippen molar-refractivity contribution in [1.29, 1.82) is 0 Å². The number of halogens is 3. The van der Waals surface area contributed by atoms with E-state index >= 15 is 0 Å². The minimum Gasteiger partial charge on any atom is -0.481 e. The minimum atomic E-state index is -4.68. The van der Waals surface area contributed by atoms with E-state index in [4.69, 9.17) is 5.11 Å². The van der Waals surface area contributed by atoms with Gasteiger partial charge in [-0.05, 0) is 32.6 Å². The van der Waals surface area contributed by atoms with E-state index in [1.54, 1.807) is 0 Å². The third-order valence-electron chi connectivity index (χ3n) is 2.95. The highest BCUT2D eigenvalue weighted by Crippen LogP contribution is 2.39. The maximum atomic E-state index is 12.5. The largest absolute Gasteiger partial charge is 0.481 e. The number of carboxylic acids is 1. The quantitative estimate of drug-likeness (QED) is 0.777. The molecule has 104 valence electrons. The first-order valence-electron chi connectivity index (χ1n) is 5.56. The summed E-state index contributed by atoms with van der Waals surface area (Å²) in [5.74, 6) is -3.36. The van der Waals surface area contributed by atoms with Crippen molar-refractivity contribution in [2.24, 2.45) is 11.8 Å². The molecule has 0 saturated heterocycles. The third kappa shape index (κ3) is 3.61. The molecule has 0 bridgehead atoms. The molecule has 0 aromatic carbocycles. The van der Waals surface area contributed by atoms with Crippen LogP contribution in [0.5, 0.6) is 0 Å². The molecule has 0 heterocycles. The van der Waals surface area contributed by atoms with E-state index < -0.39 is 36.1 Å². The van der Waals surface area contributed by atoms with Crippen molar-refractivity contribution in [2.75, 3.05) is 0 Å². The fraction of sp³-hybridized carbons (Fsp3) is 0.818. The van der Waals surface area contributed by atoms with Crippen molar-refractivity contribution in [3.05, 3.63) is 0 Å². The van der Waals surface area contributed by atoms with Crippen LogP contribution in [0.1, 0.15) is 33.1 Å². The molecule has 1 fully saturated rings. The van der Waals surface area contributed by atoms with Gasteiger partial charge in [0.15, 0.2) is 0 Å². The number of rotatable bonds is 5. The Balaban J connectivity index is 2.58. The van der Waals surface area contributed by atoms with Crippen LogP contribution < -0.4 is 0 Å². The van der Waals surface area contributed by atoms with Gasteiger partial charge in [-0.2, -0.15) is 13.2 Å². The van der Waals surface area contributed by atoms with Gasteiger partial charge >= 0.3 is 18.1 Å². The van der Waals surface area contributed by atoms with E-state index in [1.807, 2.05) is 0 Å². The SMILES string of the molecule is CC(C)(OC(=O)C[C@H](C(=O)O)C1CC1)C(F)(F)F. The van der Waals surface area contributed by atoms with Crippen LogP contribution in [0.4, 0.5) is 13.2 Å². The molecule has 0 spiro atoms. The summed E-state index contributed by atoms with van der Waals surface area (Å²) in [5.41, 5.74) is -2.60. The standard InChI is InChI=1S/C11H15F3O4/c1-10(2,11(12,13)14)18-8(15)5-7(9(16)17)6-3-4-6/h6-7H,3-5H2,1-2H3,(H,16,17)/t7-/m0/s1. The van der Waals surface area contributed by atoms with Crippen LogP contribution in [0, 0.1) is 11.8 Å². The van der Waals surface area contributed by atoms with Crippen molar-refractivity contribution in [3.63, 3.8) is 0 Å². The van der Waals surface area contributed by atoms with Crippen LogP contribution in [-0.4, -0.2) is 28.8 Å². The van der Waals surface area contributed by atoms with Crippen LogP contribution in [0.2, 0.25) is 0 Å². The van der Waals surface area contributed by atoms with E-state index in [-0.39, 0.29) is 5.92 Å². The molecule has 0 aromatic heterocycles. The normalized spacial score (nSPS) is 18.3. The number of carbonyl (C=O) groups excluding carboxylic acids is 1. The first kappa shape index (κ1) is 14.8. The van der Waals surface area contributed by atoms with E-state index in [0.29, 0.717) is 12.8 Å². The van der Waals surface area contributed by atoms with Gasteiger partial charge in [-0.15, -0.1) is 0 Å². The highest BCUT2D eigenvalue weighted by atomic mass is 19.4. The second kappa shape index (κ2) is 4.78. The molecule has 1 aliphatic carbocycles. The smallest absolute Gasteiger partial charge is 0.427 e. The maximum absolute atomic E-state index is 12.5. The molecule has 0 amide bonds. The first-order valence-corrected chi connectivity index (χ1v) is 5.56. The Morgan fingerprint density at radius 2 is 1.83 bits per heavy atom. The Hall–Kier alpha value is -1.27. The van der Waals surface area contributed by atoms with Crippen LogP contribution in [0.3, 0.4) is 0 Å². The molecule has 4 nitrogen and oxygen atoms in total. The zero-order valence-electron chi connectivity index (χ0n) is 10.1. The second-order valence-corrected chi connectivity index (χ2v) is 4.97. The molecular formula is C11H15F3O4. The average Bonchev–Trinajstić information content (AvgIpc) is 2.94. The predicted molar refractivity (Wildman–Crippen MR) is 54.7 cm³/mol. The minimum absolute atomic E-state index is 0.121. The zero-order chi connectivity index (χ0) is 14.1. The summed E-state index contributed by atoms with van der Waals surface area (Å²) in [5, 5.41) is 8.86. The zero-order valence-corrected chi connectivity index (χ0v) is 10.1. The van der Waals surface area contributed by atoms with E-state index in [0.717, 1.165) is 13.8 Å². The highest BCUT2D eigenvalue weighted by Gasteiger charge is 2.51. The van der Waals surface area contributed by atoms with Crippen molar-refractivity contribution < 1.29 is 32.6 Å². The predicted octanol–water partition coefficient (Wildman–Crippen LogP) is 2.37. The third-order valence-corrected chi connectivity index (χ3v) is 2.95. The topological polar surface area (TPSA) is 63.6 Å². The first-order chi connectivity index (χ1) is 8.04. The summed E-state index contributed by atoms with van der Waals surface area (Å²) in [6.07, 6.45) is -3.82. The van der Waals surface area contributed by atoms with Crippen LogP contribution >= 0.6 is 0 Å². The van der Waals surface area contributed by atoms with Gasteiger partial charge in [0.05, 0.1) is 12.3 Å². The lowest BCUT2D eigenvalue weighted by molar-refractivity contribution is -0.257. The van der Waals surface area contributed by atoms with Gasteiger partial charge in [-0.1, -0.05) is 0 Å². The summed E-state index contributed by atoms with van der Waals surface area (Å²) in [6.45, 7) is 1.47. The Labute approximate surface area is 102 Å². The average molecular weight is 268 g/mol. The Morgan fingerprint density at radius 1 is 1.33 bits per heavy atom. The molecule has 0 radical (unpaired) electrons. The highest BCUT2D eigenvalue weighted by molar-refractivity contribution is 5.79. The van der Waals surface area contributed by atoms with Crippen molar-refractivity contribution >= 4 is 11.9 Å². The number of carbonyl (C=O) groups is 2.